The van der Waals surface area contributed by atoms with E-state index in [9.17, 15) is 13.2 Å². The average molecular weight is 263 g/mol. The molecular formula is C10H21N3O3S. The van der Waals surface area contributed by atoms with Crippen LogP contribution in [0, 0.1) is 11.8 Å². The second-order valence-corrected chi connectivity index (χ2v) is 6.45. The normalized spacial score (nSPS) is 25.8. The summed E-state index contributed by atoms with van der Waals surface area (Å²) in [7, 11) is -2.15. The van der Waals surface area contributed by atoms with E-state index in [0.29, 0.717) is 24.9 Å². The summed E-state index contributed by atoms with van der Waals surface area (Å²) in [5.74, 6) is 0.951. The van der Waals surface area contributed by atoms with Crippen molar-refractivity contribution >= 4 is 16.6 Å². The average Bonchev–Trinajstić information content (AvgIpc) is 2.30. The summed E-state index contributed by atoms with van der Waals surface area (Å²) in [5, 5.41) is 0. The van der Waals surface area contributed by atoms with E-state index in [0.717, 1.165) is 25.7 Å². The Morgan fingerprint density at radius 1 is 1.29 bits per heavy atom. The first kappa shape index (κ1) is 14.4. The van der Waals surface area contributed by atoms with Gasteiger partial charge in [0.2, 0.25) is 6.41 Å². The highest BCUT2D eigenvalue weighted by molar-refractivity contribution is 7.87. The van der Waals surface area contributed by atoms with E-state index in [2.05, 4.69) is 0 Å². The molecule has 0 aromatic carbocycles. The minimum atomic E-state index is -3.64. The molecule has 1 fully saturated rings. The molecule has 0 heterocycles. The van der Waals surface area contributed by atoms with Crippen LogP contribution in [0.15, 0.2) is 0 Å². The van der Waals surface area contributed by atoms with Gasteiger partial charge in [-0.25, -0.2) is 4.72 Å². The summed E-state index contributed by atoms with van der Waals surface area (Å²) in [6.45, 7) is 1.17. The van der Waals surface area contributed by atoms with Crippen LogP contribution in [0.3, 0.4) is 0 Å². The molecule has 0 saturated heterocycles. The van der Waals surface area contributed by atoms with Gasteiger partial charge in [-0.1, -0.05) is 0 Å². The molecule has 3 N–H and O–H groups in total. The second kappa shape index (κ2) is 6.32. The number of nitrogens with one attached hydrogen (secondary N) is 1. The van der Waals surface area contributed by atoms with Gasteiger partial charge in [-0.15, -0.1) is 0 Å². The van der Waals surface area contributed by atoms with Crippen molar-refractivity contribution in [1.82, 2.24) is 9.03 Å². The third-order valence-electron chi connectivity index (χ3n) is 3.42. The summed E-state index contributed by atoms with van der Waals surface area (Å²) < 4.78 is 26.0. The van der Waals surface area contributed by atoms with Crippen molar-refractivity contribution in [2.45, 2.75) is 25.7 Å². The first-order valence-electron chi connectivity index (χ1n) is 5.87. The molecule has 17 heavy (non-hydrogen) atoms. The van der Waals surface area contributed by atoms with E-state index >= 15 is 0 Å². The lowest BCUT2D eigenvalue weighted by molar-refractivity contribution is -0.108. The van der Waals surface area contributed by atoms with E-state index in [1.54, 1.807) is 0 Å². The number of rotatable bonds is 6. The summed E-state index contributed by atoms with van der Waals surface area (Å²) in [6.07, 6.45) is 4.33. The number of carbonyl (C=O) groups is 1. The maximum Gasteiger partial charge on any atom is 0.303 e. The standard InChI is InChI=1S/C10H21N3O3S/c1-13(17(15,16)12-8-14)7-10-4-2-9(6-11)3-5-10/h8-10H,2-7,11H2,1H3,(H,12,14). The Labute approximate surface area is 103 Å². The lowest BCUT2D eigenvalue weighted by Gasteiger charge is -2.30. The number of hydrogen-bond acceptors (Lipinski definition) is 4. The van der Waals surface area contributed by atoms with Gasteiger partial charge in [-0.2, -0.15) is 12.7 Å². The van der Waals surface area contributed by atoms with Gasteiger partial charge in [0, 0.05) is 13.6 Å². The Bertz CT molecular complexity index is 337. The van der Waals surface area contributed by atoms with Crippen molar-refractivity contribution in [3.8, 4) is 0 Å². The van der Waals surface area contributed by atoms with E-state index in [1.165, 1.54) is 11.4 Å². The molecule has 0 radical (unpaired) electrons. The lowest BCUT2D eigenvalue weighted by atomic mass is 9.82. The monoisotopic (exact) mass is 263 g/mol. The quantitative estimate of drug-likeness (QED) is 0.642. The van der Waals surface area contributed by atoms with Crippen LogP contribution in [0.2, 0.25) is 0 Å². The molecule has 0 atom stereocenters. The van der Waals surface area contributed by atoms with E-state index < -0.39 is 10.2 Å². The zero-order valence-corrected chi connectivity index (χ0v) is 10.9. The van der Waals surface area contributed by atoms with Crippen LogP contribution in [0.5, 0.6) is 0 Å². The van der Waals surface area contributed by atoms with Gasteiger partial charge in [0.15, 0.2) is 0 Å². The molecule has 1 amide bonds. The first-order valence-corrected chi connectivity index (χ1v) is 7.31. The molecule has 6 nitrogen and oxygen atoms in total. The van der Waals surface area contributed by atoms with Gasteiger partial charge in [0.25, 0.3) is 0 Å². The van der Waals surface area contributed by atoms with Gasteiger partial charge in [0.1, 0.15) is 0 Å². The minimum absolute atomic E-state index is 0.192. The molecule has 0 aliphatic heterocycles. The van der Waals surface area contributed by atoms with E-state index in [-0.39, 0.29) is 6.41 Å². The van der Waals surface area contributed by atoms with Crippen LogP contribution in [-0.2, 0) is 15.0 Å². The van der Waals surface area contributed by atoms with Gasteiger partial charge in [-0.3, -0.25) is 4.79 Å². The van der Waals surface area contributed by atoms with Crippen molar-refractivity contribution in [3.63, 3.8) is 0 Å². The second-order valence-electron chi connectivity index (χ2n) is 4.64. The van der Waals surface area contributed by atoms with Gasteiger partial charge < -0.3 is 5.73 Å². The maximum absolute atomic E-state index is 11.5. The molecule has 100 valence electrons. The van der Waals surface area contributed by atoms with Crippen molar-refractivity contribution in [2.24, 2.45) is 17.6 Å². The van der Waals surface area contributed by atoms with Gasteiger partial charge in [0.05, 0.1) is 0 Å². The number of amides is 1. The van der Waals surface area contributed by atoms with Crippen LogP contribution in [0.1, 0.15) is 25.7 Å². The zero-order chi connectivity index (χ0) is 12.9. The van der Waals surface area contributed by atoms with Crippen molar-refractivity contribution < 1.29 is 13.2 Å². The molecular weight excluding hydrogens is 242 g/mol. The van der Waals surface area contributed by atoms with E-state index in [4.69, 9.17) is 5.73 Å². The number of nitrogens with two attached hydrogens (primary N) is 1. The predicted octanol–water partition coefficient (Wildman–Crippen LogP) is -0.326. The Morgan fingerprint density at radius 3 is 2.29 bits per heavy atom. The Kier molecular flexibility index (Phi) is 5.35. The fourth-order valence-electron chi connectivity index (χ4n) is 2.26. The molecule has 0 bridgehead atoms. The van der Waals surface area contributed by atoms with Crippen molar-refractivity contribution in [2.75, 3.05) is 20.1 Å². The van der Waals surface area contributed by atoms with Crippen LogP contribution >= 0.6 is 0 Å². The van der Waals surface area contributed by atoms with E-state index in [1.807, 2.05) is 4.72 Å². The largest absolute Gasteiger partial charge is 0.330 e. The maximum atomic E-state index is 11.5. The Morgan fingerprint density at radius 2 is 1.82 bits per heavy atom. The van der Waals surface area contributed by atoms with Crippen molar-refractivity contribution in [1.29, 1.82) is 0 Å². The summed E-state index contributed by atoms with van der Waals surface area (Å²) in [4.78, 5) is 10.2. The third kappa shape index (κ3) is 4.25. The zero-order valence-electron chi connectivity index (χ0n) is 10.1. The predicted molar refractivity (Wildman–Crippen MR) is 65.3 cm³/mol. The van der Waals surface area contributed by atoms with Crippen LogP contribution in [-0.4, -0.2) is 39.3 Å². The molecule has 1 saturated carbocycles. The molecule has 1 aliphatic rings. The lowest BCUT2D eigenvalue weighted by Crippen LogP contribution is -2.40. The molecule has 1 aliphatic carbocycles. The first-order chi connectivity index (χ1) is 7.99. The number of hydrogen-bond donors (Lipinski definition) is 2. The minimum Gasteiger partial charge on any atom is -0.330 e. The fraction of sp³-hybridized carbons (Fsp3) is 0.900. The van der Waals surface area contributed by atoms with Crippen LogP contribution in [0.4, 0.5) is 0 Å². The number of nitrogens with zero attached hydrogens (tertiary/aromatic N) is 1. The highest BCUT2D eigenvalue weighted by atomic mass is 32.2. The Balaban J connectivity index is 2.42. The SMILES string of the molecule is CN(CC1CCC(CN)CC1)S(=O)(=O)NC=O. The third-order valence-corrected chi connectivity index (χ3v) is 4.79. The van der Waals surface area contributed by atoms with Crippen LogP contribution in [0.25, 0.3) is 0 Å². The Hall–Kier alpha value is -0.660. The molecule has 0 aromatic heterocycles. The summed E-state index contributed by atoms with van der Waals surface area (Å²) >= 11 is 0. The number of carbonyl (C=O) groups excluding carboxylic acids is 1. The fourth-order valence-corrected chi connectivity index (χ4v) is 2.97. The molecule has 0 spiro atoms. The smallest absolute Gasteiger partial charge is 0.303 e. The molecule has 0 unspecified atom stereocenters. The summed E-state index contributed by atoms with van der Waals surface area (Å²) in [5.41, 5.74) is 5.60. The van der Waals surface area contributed by atoms with Gasteiger partial charge >= 0.3 is 10.2 Å². The molecule has 0 aromatic rings. The van der Waals surface area contributed by atoms with Crippen molar-refractivity contribution in [3.05, 3.63) is 0 Å². The molecule has 1 rings (SSSR count). The van der Waals surface area contributed by atoms with Crippen LogP contribution < -0.4 is 10.5 Å². The highest BCUT2D eigenvalue weighted by Gasteiger charge is 2.25. The highest BCUT2D eigenvalue weighted by Crippen LogP contribution is 2.28. The molecule has 7 heteroatoms. The topological polar surface area (TPSA) is 92.5 Å². The van der Waals surface area contributed by atoms with Gasteiger partial charge in [-0.05, 0) is 44.1 Å². The summed E-state index contributed by atoms with van der Waals surface area (Å²) in [6, 6.07) is 0.